The van der Waals surface area contributed by atoms with Gasteiger partial charge < -0.3 is 10.6 Å². The smallest absolute Gasteiger partial charge is 0.325 e. The third-order valence-corrected chi connectivity index (χ3v) is 4.35. The number of aryl methyl sites for hydroxylation is 1. The number of imide groups is 1. The predicted molar refractivity (Wildman–Crippen MR) is 98.9 cm³/mol. The van der Waals surface area contributed by atoms with Crippen molar-refractivity contribution in [3.05, 3.63) is 65.2 Å². The van der Waals surface area contributed by atoms with Crippen LogP contribution in [0.5, 0.6) is 0 Å². The van der Waals surface area contributed by atoms with Gasteiger partial charge in [-0.3, -0.25) is 14.5 Å². The minimum atomic E-state index is -0.606. The van der Waals surface area contributed by atoms with E-state index in [0.29, 0.717) is 23.6 Å². The molecule has 26 heavy (non-hydrogen) atoms. The zero-order valence-corrected chi connectivity index (χ0v) is 14.7. The average Bonchev–Trinajstić information content (AvgIpc) is 2.90. The van der Waals surface area contributed by atoms with Crippen LogP contribution >= 0.6 is 11.6 Å². The van der Waals surface area contributed by atoms with E-state index in [9.17, 15) is 14.4 Å². The number of carbonyl (C=O) groups excluding carboxylic acids is 3. The molecule has 4 amide bonds. The third-order valence-electron chi connectivity index (χ3n) is 4.10. The van der Waals surface area contributed by atoms with Crippen molar-refractivity contribution in [2.45, 2.75) is 18.9 Å². The second-order valence-electron chi connectivity index (χ2n) is 6.01. The van der Waals surface area contributed by atoms with E-state index in [2.05, 4.69) is 10.6 Å². The number of hydrogen-bond acceptors (Lipinski definition) is 3. The van der Waals surface area contributed by atoms with Crippen molar-refractivity contribution >= 4 is 35.1 Å². The summed E-state index contributed by atoms with van der Waals surface area (Å²) in [6.07, 6.45) is 1.16. The Kier molecular flexibility index (Phi) is 5.53. The van der Waals surface area contributed by atoms with Crippen LogP contribution in [0, 0.1) is 0 Å². The summed E-state index contributed by atoms with van der Waals surface area (Å²) in [5.41, 5.74) is 1.64. The molecule has 1 atom stereocenters. The molecule has 7 heteroatoms. The Bertz CT molecular complexity index is 809. The van der Waals surface area contributed by atoms with Gasteiger partial charge in [0.15, 0.2) is 0 Å². The van der Waals surface area contributed by atoms with Crippen LogP contribution in [-0.4, -0.2) is 35.3 Å². The van der Waals surface area contributed by atoms with Crippen LogP contribution in [0.3, 0.4) is 0 Å². The maximum atomic E-state index is 12.4. The van der Waals surface area contributed by atoms with Crippen LogP contribution in [0.4, 0.5) is 10.5 Å². The van der Waals surface area contributed by atoms with E-state index in [0.717, 1.165) is 10.5 Å². The van der Waals surface area contributed by atoms with Gasteiger partial charge in [-0.2, -0.15) is 0 Å². The molecule has 2 N–H and O–H groups in total. The number of nitrogens with one attached hydrogen (secondary N) is 2. The summed E-state index contributed by atoms with van der Waals surface area (Å²) < 4.78 is 0. The molecule has 0 spiro atoms. The van der Waals surface area contributed by atoms with Crippen molar-refractivity contribution in [2.24, 2.45) is 0 Å². The van der Waals surface area contributed by atoms with Crippen molar-refractivity contribution in [3.63, 3.8) is 0 Å². The highest BCUT2D eigenvalue weighted by Gasteiger charge is 2.38. The summed E-state index contributed by atoms with van der Waals surface area (Å²) in [5, 5.41) is 5.83. The van der Waals surface area contributed by atoms with Crippen molar-refractivity contribution in [3.8, 4) is 0 Å². The van der Waals surface area contributed by atoms with Crippen molar-refractivity contribution in [1.29, 1.82) is 0 Å². The van der Waals surface area contributed by atoms with Gasteiger partial charge in [0, 0.05) is 10.7 Å². The molecule has 0 saturated carbocycles. The quantitative estimate of drug-likeness (QED) is 0.766. The molecule has 1 aliphatic heterocycles. The van der Waals surface area contributed by atoms with Gasteiger partial charge in [0.1, 0.15) is 12.6 Å². The number of urea groups is 1. The largest absolute Gasteiger partial charge is 0.326 e. The number of benzene rings is 2. The molecule has 0 bridgehead atoms. The van der Waals surface area contributed by atoms with Crippen LogP contribution in [0.1, 0.15) is 12.0 Å². The molecule has 1 saturated heterocycles. The Morgan fingerprint density at radius 2 is 1.77 bits per heavy atom. The first-order valence-electron chi connectivity index (χ1n) is 8.24. The molecular formula is C19H18ClN3O3. The van der Waals surface area contributed by atoms with Gasteiger partial charge in [0.25, 0.3) is 5.91 Å². The van der Waals surface area contributed by atoms with Gasteiger partial charge in [-0.05, 0) is 42.7 Å². The molecule has 1 aliphatic rings. The highest BCUT2D eigenvalue weighted by Crippen LogP contribution is 2.15. The number of rotatable bonds is 6. The molecule has 134 valence electrons. The molecule has 0 aromatic heterocycles. The lowest BCUT2D eigenvalue weighted by molar-refractivity contribution is -0.130. The van der Waals surface area contributed by atoms with Gasteiger partial charge >= 0.3 is 6.03 Å². The lowest BCUT2D eigenvalue weighted by Crippen LogP contribution is -2.38. The van der Waals surface area contributed by atoms with Crippen LogP contribution in [0.2, 0.25) is 5.02 Å². The number of amides is 4. The van der Waals surface area contributed by atoms with Crippen molar-refractivity contribution in [2.75, 3.05) is 11.9 Å². The van der Waals surface area contributed by atoms with Gasteiger partial charge in [-0.15, -0.1) is 0 Å². The molecule has 0 unspecified atom stereocenters. The molecule has 0 aliphatic carbocycles. The van der Waals surface area contributed by atoms with E-state index in [1.165, 1.54) is 0 Å². The fraction of sp³-hybridized carbons (Fsp3) is 0.211. The number of nitrogens with zero attached hydrogens (tertiary/aromatic N) is 1. The molecule has 1 heterocycles. The fourth-order valence-electron chi connectivity index (χ4n) is 2.76. The molecule has 2 aromatic rings. The lowest BCUT2D eigenvalue weighted by Gasteiger charge is -2.13. The zero-order valence-electron chi connectivity index (χ0n) is 13.9. The van der Waals surface area contributed by atoms with E-state index in [1.807, 2.05) is 30.3 Å². The Morgan fingerprint density at radius 3 is 2.46 bits per heavy atom. The Labute approximate surface area is 156 Å². The van der Waals surface area contributed by atoms with Gasteiger partial charge in [-0.1, -0.05) is 41.9 Å². The maximum absolute atomic E-state index is 12.4. The first-order chi connectivity index (χ1) is 12.5. The number of hydrogen-bond donors (Lipinski definition) is 2. The predicted octanol–water partition coefficient (Wildman–Crippen LogP) is 2.83. The number of halogens is 1. The summed E-state index contributed by atoms with van der Waals surface area (Å²) in [6.45, 7) is -0.324. The highest BCUT2D eigenvalue weighted by molar-refractivity contribution is 6.30. The third kappa shape index (κ3) is 4.40. The Morgan fingerprint density at radius 1 is 1.08 bits per heavy atom. The summed E-state index contributed by atoms with van der Waals surface area (Å²) in [4.78, 5) is 37.5. The number of carbonyl (C=O) groups is 3. The molecule has 2 aromatic carbocycles. The standard InChI is InChI=1S/C19H18ClN3O3/c20-14-7-9-15(10-8-14)21-17(24)12-23-18(25)16(22-19(23)26)11-6-13-4-2-1-3-5-13/h1-5,7-10,16H,6,11-12H2,(H,21,24)(H,22,26)/t16-/m0/s1. The monoisotopic (exact) mass is 371 g/mol. The van der Waals surface area contributed by atoms with Crippen LogP contribution in [0.15, 0.2) is 54.6 Å². The summed E-state index contributed by atoms with van der Waals surface area (Å²) >= 11 is 5.80. The topological polar surface area (TPSA) is 78.5 Å². The minimum Gasteiger partial charge on any atom is -0.326 e. The van der Waals surface area contributed by atoms with Gasteiger partial charge in [0.2, 0.25) is 5.91 Å². The zero-order chi connectivity index (χ0) is 18.5. The second-order valence-corrected chi connectivity index (χ2v) is 6.44. The highest BCUT2D eigenvalue weighted by atomic mass is 35.5. The first-order valence-corrected chi connectivity index (χ1v) is 8.62. The Balaban J connectivity index is 1.54. The van der Waals surface area contributed by atoms with E-state index >= 15 is 0 Å². The summed E-state index contributed by atoms with van der Waals surface area (Å²) in [7, 11) is 0. The molecule has 0 radical (unpaired) electrons. The van der Waals surface area contributed by atoms with E-state index in [-0.39, 0.29) is 12.5 Å². The Hall–Kier alpha value is -2.86. The van der Waals surface area contributed by atoms with Crippen LogP contribution < -0.4 is 10.6 Å². The van der Waals surface area contributed by atoms with E-state index < -0.39 is 18.0 Å². The fourth-order valence-corrected chi connectivity index (χ4v) is 2.88. The van der Waals surface area contributed by atoms with Gasteiger partial charge in [-0.25, -0.2) is 4.79 Å². The van der Waals surface area contributed by atoms with Crippen LogP contribution in [-0.2, 0) is 16.0 Å². The molecule has 1 fully saturated rings. The summed E-state index contributed by atoms with van der Waals surface area (Å²) in [5.74, 6) is -0.822. The summed E-state index contributed by atoms with van der Waals surface area (Å²) in [6, 6.07) is 15.2. The lowest BCUT2D eigenvalue weighted by atomic mass is 10.1. The SMILES string of the molecule is O=C(CN1C(=O)N[C@@H](CCc2ccccc2)C1=O)Nc1ccc(Cl)cc1. The van der Waals surface area contributed by atoms with E-state index in [4.69, 9.17) is 11.6 Å². The molecule has 3 rings (SSSR count). The average molecular weight is 372 g/mol. The molecule has 6 nitrogen and oxygen atoms in total. The second kappa shape index (κ2) is 8.01. The van der Waals surface area contributed by atoms with Crippen molar-refractivity contribution in [1.82, 2.24) is 10.2 Å². The molecular weight excluding hydrogens is 354 g/mol. The van der Waals surface area contributed by atoms with Crippen molar-refractivity contribution < 1.29 is 14.4 Å². The maximum Gasteiger partial charge on any atom is 0.325 e. The minimum absolute atomic E-state index is 0.324. The van der Waals surface area contributed by atoms with E-state index in [1.54, 1.807) is 24.3 Å². The number of anilines is 1. The van der Waals surface area contributed by atoms with Gasteiger partial charge in [0.05, 0.1) is 0 Å². The van der Waals surface area contributed by atoms with Crippen LogP contribution in [0.25, 0.3) is 0 Å². The first kappa shape index (κ1) is 17.9. The normalized spacial score (nSPS) is 16.5.